The van der Waals surface area contributed by atoms with Crippen molar-refractivity contribution >= 4 is 17.8 Å². The molecule has 216 valence electrons. The number of carbonyl (C=O) groups excluding carboxylic acids is 1. The van der Waals surface area contributed by atoms with Crippen LogP contribution in [-0.4, -0.2) is 81.9 Å². The Bertz CT molecular complexity index is 1060. The van der Waals surface area contributed by atoms with Gasteiger partial charge in [-0.15, -0.1) is 0 Å². The normalized spacial score (nSPS) is 17.9. The Kier molecular flexibility index (Phi) is 10.5. The summed E-state index contributed by atoms with van der Waals surface area (Å²) in [5.74, 6) is -4.26. The second-order valence-electron chi connectivity index (χ2n) is 9.20. The highest BCUT2D eigenvalue weighted by Gasteiger charge is 2.55. The molecule has 2 aromatic heterocycles. The monoisotopic (exact) mass is 567 g/mol. The van der Waals surface area contributed by atoms with Crippen LogP contribution < -0.4 is 0 Å². The van der Waals surface area contributed by atoms with Crippen LogP contribution in [0.4, 0.5) is 26.3 Å². The molecule has 15 heteroatoms. The fourth-order valence-electron chi connectivity index (χ4n) is 4.26. The number of piperidine rings is 1. The van der Waals surface area contributed by atoms with Crippen molar-refractivity contribution in [3.8, 4) is 0 Å². The summed E-state index contributed by atoms with van der Waals surface area (Å²) in [5.41, 5.74) is 1.72. The van der Waals surface area contributed by atoms with Crippen LogP contribution in [0.2, 0.25) is 0 Å². The number of carbonyl (C=O) groups is 3. The Morgan fingerprint density at radius 3 is 2.05 bits per heavy atom. The molecule has 1 saturated heterocycles. The lowest BCUT2D eigenvalue weighted by molar-refractivity contribution is -0.193. The molecule has 39 heavy (non-hydrogen) atoms. The molecule has 1 unspecified atom stereocenters. The van der Waals surface area contributed by atoms with E-state index < -0.39 is 24.3 Å². The summed E-state index contributed by atoms with van der Waals surface area (Å²) in [6, 6.07) is 7.65. The van der Waals surface area contributed by atoms with Gasteiger partial charge in [0.1, 0.15) is 0 Å². The molecular formula is C24H27F6N3O6. The molecule has 1 spiro atoms. The number of aromatic nitrogens is 1. The van der Waals surface area contributed by atoms with Gasteiger partial charge in [0.15, 0.2) is 5.76 Å². The Labute approximate surface area is 219 Å². The van der Waals surface area contributed by atoms with E-state index in [-0.39, 0.29) is 5.91 Å². The van der Waals surface area contributed by atoms with Crippen LogP contribution in [0.25, 0.3) is 0 Å². The summed E-state index contributed by atoms with van der Waals surface area (Å²) in [4.78, 5) is 38.7. The average Bonchev–Trinajstić information content (AvgIpc) is 3.23. The maximum absolute atomic E-state index is 12.4. The molecule has 1 atom stereocenters. The quantitative estimate of drug-likeness (QED) is 0.513. The van der Waals surface area contributed by atoms with Crippen molar-refractivity contribution in [1.82, 2.24) is 14.8 Å². The minimum atomic E-state index is -5.08. The van der Waals surface area contributed by atoms with Crippen LogP contribution in [0.1, 0.15) is 35.4 Å². The van der Waals surface area contributed by atoms with Crippen LogP contribution in [0.15, 0.2) is 47.3 Å². The molecule has 0 aromatic carbocycles. The first-order valence-electron chi connectivity index (χ1n) is 11.6. The molecule has 2 fully saturated rings. The first-order valence-corrected chi connectivity index (χ1v) is 11.6. The second kappa shape index (κ2) is 13.0. The molecule has 1 aliphatic carbocycles. The van der Waals surface area contributed by atoms with Crippen molar-refractivity contribution in [2.45, 2.75) is 38.2 Å². The number of hydrogen-bond donors (Lipinski definition) is 2. The van der Waals surface area contributed by atoms with Gasteiger partial charge >= 0.3 is 24.3 Å². The van der Waals surface area contributed by atoms with Gasteiger partial charge in [0, 0.05) is 38.6 Å². The lowest BCUT2D eigenvalue weighted by Crippen LogP contribution is -2.40. The largest absolute Gasteiger partial charge is 0.490 e. The highest BCUT2D eigenvalue weighted by molar-refractivity contribution is 5.91. The molecule has 2 N–H and O–H groups in total. The molecule has 1 amide bonds. The molecular weight excluding hydrogens is 540 g/mol. The Morgan fingerprint density at radius 1 is 1.05 bits per heavy atom. The number of pyridine rings is 1. The zero-order valence-electron chi connectivity index (χ0n) is 20.7. The fourth-order valence-corrected chi connectivity index (χ4v) is 4.26. The van der Waals surface area contributed by atoms with Gasteiger partial charge in [0.05, 0.1) is 6.26 Å². The molecule has 0 radical (unpaired) electrons. The van der Waals surface area contributed by atoms with Crippen molar-refractivity contribution in [2.24, 2.45) is 11.3 Å². The smallest absolute Gasteiger partial charge is 0.475 e. The van der Waals surface area contributed by atoms with Crippen molar-refractivity contribution < 1.29 is 55.4 Å². The highest BCUT2D eigenvalue weighted by Crippen LogP contribution is 2.59. The highest BCUT2D eigenvalue weighted by atomic mass is 19.4. The minimum absolute atomic E-state index is 0.0331. The number of carboxylic acids is 2. The number of nitrogens with zero attached hydrogens (tertiary/aromatic N) is 3. The summed E-state index contributed by atoms with van der Waals surface area (Å²) in [5, 5.41) is 14.2. The average molecular weight is 567 g/mol. The van der Waals surface area contributed by atoms with Gasteiger partial charge in [-0.3, -0.25) is 9.78 Å². The minimum Gasteiger partial charge on any atom is -0.475 e. The Morgan fingerprint density at radius 2 is 1.62 bits per heavy atom. The summed E-state index contributed by atoms with van der Waals surface area (Å²) >= 11 is 0. The third-order valence-electron chi connectivity index (χ3n) is 6.33. The number of furan rings is 1. The predicted octanol–water partition coefficient (Wildman–Crippen LogP) is 4.32. The number of aliphatic carboxylic acids is 2. The van der Waals surface area contributed by atoms with E-state index in [0.29, 0.717) is 11.2 Å². The van der Waals surface area contributed by atoms with Crippen LogP contribution >= 0.6 is 0 Å². The van der Waals surface area contributed by atoms with Crippen molar-refractivity contribution in [3.05, 3.63) is 54.2 Å². The maximum Gasteiger partial charge on any atom is 0.490 e. The van der Waals surface area contributed by atoms with Gasteiger partial charge < -0.3 is 24.4 Å². The van der Waals surface area contributed by atoms with E-state index in [4.69, 9.17) is 24.2 Å². The van der Waals surface area contributed by atoms with Crippen LogP contribution in [0, 0.1) is 11.3 Å². The summed E-state index contributed by atoms with van der Waals surface area (Å²) in [7, 11) is 2.19. The number of halogens is 6. The van der Waals surface area contributed by atoms with Gasteiger partial charge in [-0.25, -0.2) is 9.59 Å². The number of alkyl halides is 6. The molecule has 1 saturated carbocycles. The number of hydrogen-bond acceptors (Lipinski definition) is 6. The Hall–Kier alpha value is -3.62. The van der Waals surface area contributed by atoms with E-state index in [0.717, 1.165) is 44.9 Å². The van der Waals surface area contributed by atoms with Crippen LogP contribution in [-0.2, 0) is 16.1 Å². The molecule has 9 nitrogen and oxygen atoms in total. The van der Waals surface area contributed by atoms with Crippen molar-refractivity contribution in [1.29, 1.82) is 0 Å². The molecule has 3 heterocycles. The number of carboxylic acid groups (broad SMARTS) is 2. The van der Waals surface area contributed by atoms with Gasteiger partial charge in [-0.05, 0) is 61.4 Å². The molecule has 2 aliphatic rings. The van der Waals surface area contributed by atoms with E-state index in [9.17, 15) is 31.1 Å². The fraction of sp³-hybridized carbons (Fsp3) is 0.500. The summed E-state index contributed by atoms with van der Waals surface area (Å²) in [6.45, 7) is 3.77. The summed E-state index contributed by atoms with van der Waals surface area (Å²) in [6.07, 6.45) is -1.31. The zero-order chi connectivity index (χ0) is 29.4. The first-order chi connectivity index (χ1) is 18.0. The SMILES string of the molecule is CN(Cc1cccnc1)CC1CC12CCN(C(=O)c1ccco1)CC2.O=C(O)C(F)(F)F.O=C(O)C(F)(F)F. The molecule has 4 rings (SSSR count). The standard InChI is InChI=1S/C20H25N3O2.2C2HF3O2/c1-22(14-16-4-2-8-21-13-16)15-17-12-20(17)6-9-23(10-7-20)19(24)18-5-3-11-25-18;2*3-2(4,5)1(6)7/h2-5,8,11,13,17H,6-7,9-10,12,14-15H2,1H3;2*(H,6,7). The molecule has 1 aliphatic heterocycles. The molecule has 0 bridgehead atoms. The number of rotatable bonds is 5. The van der Waals surface area contributed by atoms with E-state index in [2.05, 4.69) is 23.0 Å². The first kappa shape index (κ1) is 31.6. The van der Waals surface area contributed by atoms with Crippen LogP contribution in [0.5, 0.6) is 0 Å². The van der Waals surface area contributed by atoms with Crippen molar-refractivity contribution in [2.75, 3.05) is 26.7 Å². The van der Waals surface area contributed by atoms with Gasteiger partial charge in [-0.2, -0.15) is 26.3 Å². The van der Waals surface area contributed by atoms with Crippen molar-refractivity contribution in [3.63, 3.8) is 0 Å². The topological polar surface area (TPSA) is 124 Å². The Balaban J connectivity index is 0.000000317. The van der Waals surface area contributed by atoms with E-state index >= 15 is 0 Å². The van der Waals surface area contributed by atoms with Gasteiger partial charge in [0.2, 0.25) is 0 Å². The molecule has 2 aromatic rings. The van der Waals surface area contributed by atoms with Crippen LogP contribution in [0.3, 0.4) is 0 Å². The number of amides is 1. The third-order valence-corrected chi connectivity index (χ3v) is 6.33. The summed E-state index contributed by atoms with van der Waals surface area (Å²) < 4.78 is 68.7. The predicted molar refractivity (Wildman–Crippen MR) is 122 cm³/mol. The number of likely N-dealkylation sites (tertiary alicyclic amines) is 1. The van der Waals surface area contributed by atoms with Gasteiger partial charge in [0.25, 0.3) is 5.91 Å². The van der Waals surface area contributed by atoms with Gasteiger partial charge in [-0.1, -0.05) is 6.07 Å². The van der Waals surface area contributed by atoms with E-state index in [1.165, 1.54) is 12.0 Å². The lowest BCUT2D eigenvalue weighted by Gasteiger charge is -2.33. The maximum atomic E-state index is 12.4. The van der Waals surface area contributed by atoms with E-state index in [1.807, 2.05) is 23.4 Å². The lowest BCUT2D eigenvalue weighted by atomic mass is 9.90. The zero-order valence-corrected chi connectivity index (χ0v) is 20.7. The second-order valence-corrected chi connectivity index (χ2v) is 9.20. The third kappa shape index (κ3) is 9.89. The van der Waals surface area contributed by atoms with E-state index in [1.54, 1.807) is 18.4 Å².